The predicted molar refractivity (Wildman–Crippen MR) is 176 cm³/mol. The molecule has 5 aromatic carbocycles. The third-order valence-electron chi connectivity index (χ3n) is 8.58. The molecule has 2 heteroatoms. The van der Waals surface area contributed by atoms with Gasteiger partial charge in [0.25, 0.3) is 0 Å². The number of fused-ring (bicyclic) bond motifs is 6. The van der Waals surface area contributed by atoms with Gasteiger partial charge in [-0.15, -0.1) is 0 Å². The number of rotatable bonds is 5. The van der Waals surface area contributed by atoms with Crippen LogP contribution in [0.15, 0.2) is 115 Å². The predicted octanol–water partition coefficient (Wildman–Crippen LogP) is 10.5. The van der Waals surface area contributed by atoms with E-state index in [1.807, 2.05) is 0 Å². The minimum Gasteiger partial charge on any atom is -0.335 e. The summed E-state index contributed by atoms with van der Waals surface area (Å²) in [5.41, 5.74) is 9.31. The summed E-state index contributed by atoms with van der Waals surface area (Å²) >= 11 is 0. The molecule has 0 atom stereocenters. The molecule has 0 aliphatic heterocycles. The summed E-state index contributed by atoms with van der Waals surface area (Å²) in [7, 11) is 0. The second-order valence-electron chi connectivity index (χ2n) is 13.4. The van der Waals surface area contributed by atoms with E-state index < -0.39 is 0 Å². The van der Waals surface area contributed by atoms with Gasteiger partial charge < -0.3 is 9.13 Å². The Kier molecular flexibility index (Phi) is 5.87. The lowest BCUT2D eigenvalue weighted by Crippen LogP contribution is -2.21. The fraction of sp³-hybridized carbons (Fsp3) is 0.231. The van der Waals surface area contributed by atoms with Crippen LogP contribution in [0.2, 0.25) is 0 Å². The van der Waals surface area contributed by atoms with E-state index in [2.05, 4.69) is 159 Å². The highest BCUT2D eigenvalue weighted by molar-refractivity contribution is 6.10. The van der Waals surface area contributed by atoms with Crippen molar-refractivity contribution in [2.75, 3.05) is 0 Å². The van der Waals surface area contributed by atoms with Crippen molar-refractivity contribution in [2.24, 2.45) is 5.41 Å². The maximum atomic E-state index is 2.52. The molecule has 0 unspecified atom stereocenters. The molecule has 0 N–H and O–H groups in total. The zero-order valence-corrected chi connectivity index (χ0v) is 24.8. The Balaban J connectivity index is 1.23. The zero-order chi connectivity index (χ0) is 28.4. The van der Waals surface area contributed by atoms with E-state index in [-0.39, 0.29) is 11.0 Å². The molecule has 2 aromatic heterocycles. The van der Waals surface area contributed by atoms with Crippen LogP contribution in [0.3, 0.4) is 0 Å². The molecular formula is C39H38N2. The van der Waals surface area contributed by atoms with Crippen molar-refractivity contribution in [3.63, 3.8) is 0 Å². The van der Waals surface area contributed by atoms with Gasteiger partial charge in [-0.3, -0.25) is 0 Å². The Morgan fingerprint density at radius 3 is 1.63 bits per heavy atom. The molecule has 0 saturated carbocycles. The lowest BCUT2D eigenvalue weighted by molar-refractivity contribution is 0.362. The molecule has 0 aliphatic carbocycles. The topological polar surface area (TPSA) is 9.86 Å². The van der Waals surface area contributed by atoms with Gasteiger partial charge in [-0.1, -0.05) is 92.7 Å². The SMILES string of the molecule is CC(C)(Cc1ccc(-n2c3ccccc3c3ccccc32)cc1)Cc1cccc2c1c1ccccc1n2C(C)(C)C. The maximum Gasteiger partial charge on any atom is 0.0541 e. The smallest absolute Gasteiger partial charge is 0.0541 e. The molecule has 2 heterocycles. The fourth-order valence-corrected chi connectivity index (χ4v) is 7.06. The van der Waals surface area contributed by atoms with Crippen LogP contribution in [0.1, 0.15) is 45.7 Å². The van der Waals surface area contributed by atoms with Crippen molar-refractivity contribution in [3.8, 4) is 5.69 Å². The van der Waals surface area contributed by atoms with Gasteiger partial charge in [-0.05, 0) is 86.6 Å². The monoisotopic (exact) mass is 534 g/mol. The fourth-order valence-electron chi connectivity index (χ4n) is 7.06. The summed E-state index contributed by atoms with van der Waals surface area (Å²) in [6, 6.07) is 42.5. The van der Waals surface area contributed by atoms with Crippen LogP contribution in [0.25, 0.3) is 49.3 Å². The van der Waals surface area contributed by atoms with E-state index in [1.54, 1.807) is 0 Å². The number of aromatic nitrogens is 2. The van der Waals surface area contributed by atoms with Gasteiger partial charge in [0.15, 0.2) is 0 Å². The molecule has 7 rings (SSSR count). The van der Waals surface area contributed by atoms with E-state index in [0.29, 0.717) is 0 Å². The Hall–Kier alpha value is -4.30. The summed E-state index contributed by atoms with van der Waals surface area (Å²) in [6.45, 7) is 11.7. The minimum absolute atomic E-state index is 0.00755. The highest BCUT2D eigenvalue weighted by Gasteiger charge is 2.25. The molecule has 2 nitrogen and oxygen atoms in total. The molecule has 0 bridgehead atoms. The summed E-state index contributed by atoms with van der Waals surface area (Å²) in [5.74, 6) is 0. The molecule has 0 aliphatic rings. The van der Waals surface area contributed by atoms with Crippen molar-refractivity contribution in [2.45, 2.75) is 53.0 Å². The molecule has 7 aromatic rings. The van der Waals surface area contributed by atoms with Crippen LogP contribution in [-0.2, 0) is 18.4 Å². The van der Waals surface area contributed by atoms with Crippen LogP contribution in [-0.4, -0.2) is 9.13 Å². The van der Waals surface area contributed by atoms with Crippen LogP contribution in [0.5, 0.6) is 0 Å². The summed E-state index contributed by atoms with van der Waals surface area (Å²) in [6.07, 6.45) is 2.05. The molecule has 0 radical (unpaired) electrons. The Morgan fingerprint density at radius 1 is 0.488 bits per heavy atom. The van der Waals surface area contributed by atoms with Crippen molar-refractivity contribution >= 4 is 43.6 Å². The minimum atomic E-state index is 0.00755. The van der Waals surface area contributed by atoms with Crippen molar-refractivity contribution in [1.82, 2.24) is 9.13 Å². The molecule has 0 saturated heterocycles. The van der Waals surface area contributed by atoms with Gasteiger partial charge in [-0.2, -0.15) is 0 Å². The summed E-state index contributed by atoms with van der Waals surface area (Å²) < 4.78 is 4.91. The number of hydrogen-bond acceptors (Lipinski definition) is 0. The van der Waals surface area contributed by atoms with Crippen LogP contribution < -0.4 is 0 Å². The van der Waals surface area contributed by atoms with Gasteiger partial charge in [0, 0.05) is 43.8 Å². The molecular weight excluding hydrogens is 496 g/mol. The number of para-hydroxylation sites is 3. The average molecular weight is 535 g/mol. The van der Waals surface area contributed by atoms with E-state index in [0.717, 1.165) is 12.8 Å². The van der Waals surface area contributed by atoms with Crippen LogP contribution in [0, 0.1) is 5.41 Å². The average Bonchev–Trinajstić information content (AvgIpc) is 3.47. The third-order valence-corrected chi connectivity index (χ3v) is 8.58. The quantitative estimate of drug-likeness (QED) is 0.208. The Morgan fingerprint density at radius 2 is 1.02 bits per heavy atom. The zero-order valence-electron chi connectivity index (χ0n) is 24.8. The van der Waals surface area contributed by atoms with Crippen molar-refractivity contribution in [1.29, 1.82) is 0 Å². The number of benzene rings is 5. The lowest BCUT2D eigenvalue weighted by Gasteiger charge is -2.26. The van der Waals surface area contributed by atoms with Crippen molar-refractivity contribution < 1.29 is 0 Å². The molecule has 204 valence electrons. The Labute approximate surface area is 242 Å². The first-order chi connectivity index (χ1) is 19.7. The van der Waals surface area contributed by atoms with Gasteiger partial charge >= 0.3 is 0 Å². The highest BCUT2D eigenvalue weighted by atomic mass is 15.0. The van der Waals surface area contributed by atoms with Crippen molar-refractivity contribution in [3.05, 3.63) is 126 Å². The van der Waals surface area contributed by atoms with Gasteiger partial charge in [0.2, 0.25) is 0 Å². The Bertz CT molecular complexity index is 1990. The summed E-state index contributed by atoms with van der Waals surface area (Å²) in [4.78, 5) is 0. The lowest BCUT2D eigenvalue weighted by atomic mass is 9.79. The molecule has 41 heavy (non-hydrogen) atoms. The maximum absolute atomic E-state index is 2.52. The molecule has 0 amide bonds. The first-order valence-corrected chi connectivity index (χ1v) is 14.8. The normalized spacial score (nSPS) is 12.7. The third kappa shape index (κ3) is 4.34. The van der Waals surface area contributed by atoms with E-state index in [4.69, 9.17) is 0 Å². The second-order valence-corrected chi connectivity index (χ2v) is 13.4. The van der Waals surface area contributed by atoms with E-state index in [1.165, 1.54) is 60.4 Å². The van der Waals surface area contributed by atoms with Crippen LogP contribution >= 0.6 is 0 Å². The summed E-state index contributed by atoms with van der Waals surface area (Å²) in [5, 5.41) is 5.37. The first-order valence-electron chi connectivity index (χ1n) is 14.8. The highest BCUT2D eigenvalue weighted by Crippen LogP contribution is 2.39. The second kappa shape index (κ2) is 9.38. The van der Waals surface area contributed by atoms with Gasteiger partial charge in [0.1, 0.15) is 0 Å². The molecule has 0 spiro atoms. The number of nitrogens with zero attached hydrogens (tertiary/aromatic N) is 2. The standard InChI is InChI=1S/C39H38N2/c1-38(2,3)41-35-19-11-8-16-32(35)37-28(13-12-20-36(37)41)26-39(4,5)25-27-21-23-29(24-22-27)40-33-17-9-6-14-30(33)31-15-7-10-18-34(31)40/h6-24H,25-26H2,1-5H3. The largest absolute Gasteiger partial charge is 0.335 e. The van der Waals surface area contributed by atoms with Gasteiger partial charge in [-0.25, -0.2) is 0 Å². The van der Waals surface area contributed by atoms with Crippen LogP contribution in [0.4, 0.5) is 0 Å². The molecule has 0 fully saturated rings. The van der Waals surface area contributed by atoms with E-state index in [9.17, 15) is 0 Å². The number of hydrogen-bond donors (Lipinski definition) is 0. The van der Waals surface area contributed by atoms with E-state index >= 15 is 0 Å². The first kappa shape index (κ1) is 25.7. The van der Waals surface area contributed by atoms with Gasteiger partial charge in [0.05, 0.1) is 11.0 Å².